The van der Waals surface area contributed by atoms with Gasteiger partial charge in [-0.3, -0.25) is 4.90 Å². The molecular weight excluding hydrogens is 415 g/mol. The monoisotopic (exact) mass is 432 g/mol. The third kappa shape index (κ3) is 4.40. The summed E-state index contributed by atoms with van der Waals surface area (Å²) in [4.78, 5) is 22.6. The van der Waals surface area contributed by atoms with E-state index < -0.39 is 11.9 Å². The average Bonchev–Trinajstić information content (AvgIpc) is 3.42. The van der Waals surface area contributed by atoms with Gasteiger partial charge in [0.25, 0.3) is 0 Å². The third-order valence-electron chi connectivity index (χ3n) is 4.31. The first-order valence-electron chi connectivity index (χ1n) is 8.79. The molecule has 1 unspecified atom stereocenters. The van der Waals surface area contributed by atoms with Crippen molar-refractivity contribution >= 4 is 40.3 Å². The highest BCUT2D eigenvalue weighted by Gasteiger charge is 2.32. The van der Waals surface area contributed by atoms with Gasteiger partial charge in [0.1, 0.15) is 29.6 Å². The number of aromatic nitrogens is 4. The fourth-order valence-corrected chi connectivity index (χ4v) is 3.80. The van der Waals surface area contributed by atoms with Gasteiger partial charge in [0, 0.05) is 10.9 Å². The Balaban J connectivity index is 1.48. The molecule has 0 saturated carbocycles. The molecule has 3 heterocycles. The maximum atomic E-state index is 14.8. The first-order chi connectivity index (χ1) is 14.0. The summed E-state index contributed by atoms with van der Waals surface area (Å²) >= 11 is 6.39. The number of rotatable bonds is 6. The van der Waals surface area contributed by atoms with Crippen LogP contribution in [0.25, 0.3) is 11.3 Å². The molecule has 1 aliphatic heterocycles. The lowest BCUT2D eigenvalue weighted by molar-refractivity contribution is 0.143. The van der Waals surface area contributed by atoms with Crippen molar-refractivity contribution in [2.75, 3.05) is 18.0 Å². The number of carbonyl (C=O) groups is 1. The van der Waals surface area contributed by atoms with Crippen LogP contribution in [-0.4, -0.2) is 50.0 Å². The predicted molar refractivity (Wildman–Crippen MR) is 111 cm³/mol. The van der Waals surface area contributed by atoms with Crippen LogP contribution in [0.4, 0.5) is 14.9 Å². The molecule has 0 radical (unpaired) electrons. The lowest BCUT2D eigenvalue weighted by atomic mass is 10.1. The number of nitrogens with one attached hydrogen (secondary N) is 1. The van der Waals surface area contributed by atoms with Gasteiger partial charge in [-0.1, -0.05) is 12.2 Å². The molecule has 1 saturated heterocycles. The number of anilines is 1. The number of cyclic esters (lactones) is 1. The van der Waals surface area contributed by atoms with Gasteiger partial charge in [-0.05, 0) is 25.1 Å². The van der Waals surface area contributed by atoms with Crippen LogP contribution in [0.2, 0.25) is 0 Å². The topological polar surface area (TPSA) is 85.2 Å². The van der Waals surface area contributed by atoms with Crippen molar-refractivity contribution in [1.29, 1.82) is 0 Å². The molecule has 1 aromatic carbocycles. The zero-order valence-electron chi connectivity index (χ0n) is 15.4. The summed E-state index contributed by atoms with van der Waals surface area (Å²) in [6, 6.07) is 4.64. The van der Waals surface area contributed by atoms with Crippen LogP contribution in [0.15, 0.2) is 36.2 Å². The number of halogens is 1. The van der Waals surface area contributed by atoms with Crippen molar-refractivity contribution in [3.63, 3.8) is 0 Å². The number of ether oxygens (including phenoxy) is 1. The van der Waals surface area contributed by atoms with Crippen LogP contribution in [0.3, 0.4) is 0 Å². The number of thiocarbonyl (C=S) groups is 1. The van der Waals surface area contributed by atoms with Crippen molar-refractivity contribution in [2.45, 2.75) is 19.6 Å². The molecule has 0 aliphatic carbocycles. The van der Waals surface area contributed by atoms with E-state index in [4.69, 9.17) is 17.0 Å². The van der Waals surface area contributed by atoms with Crippen molar-refractivity contribution in [3.05, 3.63) is 47.1 Å². The standard InChI is InChI=1S/C18H17FN6O2S2/c1-11(28)21-5-13-6-25(18(26)27-13)12-2-3-14(15(19)4-12)16-8-29-17(23-16)7-24-10-20-9-22-24/h2-4,8-10,13H,5-7H2,1H3,(H,21,28). The Bertz CT molecular complexity index is 1040. The second-order valence-corrected chi connectivity index (χ2v) is 7.99. The fraction of sp³-hybridized carbons (Fsp3) is 0.278. The molecule has 1 amide bonds. The van der Waals surface area contributed by atoms with Gasteiger partial charge >= 0.3 is 6.09 Å². The van der Waals surface area contributed by atoms with Crippen molar-refractivity contribution in [1.82, 2.24) is 25.1 Å². The molecule has 150 valence electrons. The molecule has 1 N–H and O–H groups in total. The minimum Gasteiger partial charge on any atom is -0.442 e. The van der Waals surface area contributed by atoms with Crippen LogP contribution in [-0.2, 0) is 11.3 Å². The molecular formula is C18H17FN6O2S2. The Kier molecular flexibility index (Phi) is 5.49. The van der Waals surface area contributed by atoms with Crippen LogP contribution in [0, 0.1) is 5.82 Å². The largest absolute Gasteiger partial charge is 0.442 e. The summed E-state index contributed by atoms with van der Waals surface area (Å²) in [6.07, 6.45) is 2.20. The van der Waals surface area contributed by atoms with Gasteiger partial charge in [-0.15, -0.1) is 11.3 Å². The highest BCUT2D eigenvalue weighted by molar-refractivity contribution is 7.80. The summed E-state index contributed by atoms with van der Waals surface area (Å²) in [6.45, 7) is 2.98. The lowest BCUT2D eigenvalue weighted by Crippen LogP contribution is -2.32. The highest BCUT2D eigenvalue weighted by atomic mass is 32.1. The minimum atomic E-state index is -0.505. The summed E-state index contributed by atoms with van der Waals surface area (Å²) in [5, 5.41) is 9.60. The Labute approximate surface area is 175 Å². The Morgan fingerprint density at radius 3 is 3.07 bits per heavy atom. The predicted octanol–water partition coefficient (Wildman–Crippen LogP) is 2.85. The molecule has 1 atom stereocenters. The number of benzene rings is 1. The molecule has 4 rings (SSSR count). The van der Waals surface area contributed by atoms with Crippen LogP contribution >= 0.6 is 23.6 Å². The Hall–Kier alpha value is -2.92. The van der Waals surface area contributed by atoms with Crippen LogP contribution < -0.4 is 10.2 Å². The van der Waals surface area contributed by atoms with Gasteiger partial charge in [-0.25, -0.2) is 23.8 Å². The maximum absolute atomic E-state index is 14.8. The quantitative estimate of drug-likeness (QED) is 0.600. The van der Waals surface area contributed by atoms with Crippen LogP contribution in [0.5, 0.6) is 0 Å². The lowest BCUT2D eigenvalue weighted by Gasteiger charge is -2.14. The molecule has 1 aliphatic rings. The Morgan fingerprint density at radius 2 is 2.34 bits per heavy atom. The van der Waals surface area contributed by atoms with E-state index >= 15 is 0 Å². The van der Waals surface area contributed by atoms with Gasteiger partial charge in [0.2, 0.25) is 0 Å². The molecule has 2 aromatic heterocycles. The second-order valence-electron chi connectivity index (χ2n) is 6.44. The van der Waals surface area contributed by atoms with E-state index in [1.807, 2.05) is 0 Å². The van der Waals surface area contributed by atoms with E-state index in [0.29, 0.717) is 41.6 Å². The zero-order valence-corrected chi connectivity index (χ0v) is 17.0. The second kappa shape index (κ2) is 8.21. The van der Waals surface area contributed by atoms with E-state index in [1.54, 1.807) is 35.4 Å². The van der Waals surface area contributed by atoms with E-state index in [-0.39, 0.29) is 6.10 Å². The number of amides is 1. The van der Waals surface area contributed by atoms with Crippen LogP contribution in [0.1, 0.15) is 11.9 Å². The summed E-state index contributed by atoms with van der Waals surface area (Å²) < 4.78 is 21.7. The normalized spacial score (nSPS) is 16.1. The molecule has 1 fully saturated rings. The smallest absolute Gasteiger partial charge is 0.414 e. The van der Waals surface area contributed by atoms with E-state index in [1.165, 1.54) is 28.6 Å². The number of thiazole rings is 1. The number of carbonyl (C=O) groups excluding carboxylic acids is 1. The van der Waals surface area contributed by atoms with Gasteiger partial charge in [0.15, 0.2) is 0 Å². The minimum absolute atomic E-state index is 0.325. The highest BCUT2D eigenvalue weighted by Crippen LogP contribution is 2.30. The van der Waals surface area contributed by atoms with Gasteiger partial charge < -0.3 is 10.1 Å². The van der Waals surface area contributed by atoms with E-state index in [9.17, 15) is 9.18 Å². The summed E-state index contributed by atoms with van der Waals surface area (Å²) in [5.74, 6) is -0.454. The number of nitrogens with zero attached hydrogens (tertiary/aromatic N) is 5. The number of hydrogen-bond donors (Lipinski definition) is 1. The summed E-state index contributed by atoms with van der Waals surface area (Å²) in [7, 11) is 0. The molecule has 3 aromatic rings. The van der Waals surface area contributed by atoms with Crippen molar-refractivity contribution in [3.8, 4) is 11.3 Å². The van der Waals surface area contributed by atoms with E-state index in [2.05, 4.69) is 20.4 Å². The SMILES string of the molecule is CC(=S)NCC1CN(c2ccc(-c3csc(Cn4cncn4)n3)c(F)c2)C(=O)O1. The van der Waals surface area contributed by atoms with E-state index in [0.717, 1.165) is 5.01 Å². The molecule has 29 heavy (non-hydrogen) atoms. The molecule has 11 heteroatoms. The zero-order chi connectivity index (χ0) is 20.4. The van der Waals surface area contributed by atoms with Gasteiger partial charge in [-0.2, -0.15) is 5.10 Å². The van der Waals surface area contributed by atoms with Gasteiger partial charge in [0.05, 0.1) is 36.0 Å². The number of hydrogen-bond acceptors (Lipinski definition) is 7. The molecule has 8 nitrogen and oxygen atoms in total. The maximum Gasteiger partial charge on any atom is 0.414 e. The molecule has 0 bridgehead atoms. The Morgan fingerprint density at radius 1 is 1.48 bits per heavy atom. The van der Waals surface area contributed by atoms with Crippen molar-refractivity contribution < 1.29 is 13.9 Å². The third-order valence-corrected chi connectivity index (χ3v) is 5.29. The molecule has 0 spiro atoms. The first kappa shape index (κ1) is 19.4. The summed E-state index contributed by atoms with van der Waals surface area (Å²) in [5.41, 5.74) is 1.35. The fourth-order valence-electron chi connectivity index (χ4n) is 2.94. The average molecular weight is 433 g/mol. The first-order valence-corrected chi connectivity index (χ1v) is 10.1. The van der Waals surface area contributed by atoms with Crippen molar-refractivity contribution in [2.24, 2.45) is 0 Å².